The van der Waals surface area contributed by atoms with Crippen molar-refractivity contribution in [1.82, 2.24) is 9.78 Å². The number of anilines is 1. The zero-order valence-corrected chi connectivity index (χ0v) is 8.19. The molecule has 1 rings (SSSR count). The Hall–Kier alpha value is -1.83. The fourth-order valence-corrected chi connectivity index (χ4v) is 0.874. The number of amides is 1. The molecule has 1 aromatic heterocycles. The molecule has 0 saturated heterocycles. The van der Waals surface area contributed by atoms with E-state index in [0.29, 0.717) is 5.69 Å². The first-order chi connectivity index (χ1) is 6.63. The predicted molar refractivity (Wildman–Crippen MR) is 51.3 cm³/mol. The number of hydrogen-bond acceptors (Lipinski definition) is 3. The van der Waals surface area contributed by atoms with E-state index in [0.717, 1.165) is 0 Å². The van der Waals surface area contributed by atoms with Crippen LogP contribution in [0.2, 0.25) is 0 Å². The van der Waals surface area contributed by atoms with Gasteiger partial charge in [-0.25, -0.2) is 0 Å². The second-order valence-electron chi connectivity index (χ2n) is 3.23. The van der Waals surface area contributed by atoms with Gasteiger partial charge in [-0.05, 0) is 0 Å². The average Bonchev–Trinajstić information content (AvgIpc) is 2.53. The van der Waals surface area contributed by atoms with Crippen LogP contribution in [-0.2, 0) is 11.3 Å². The van der Waals surface area contributed by atoms with Crippen molar-refractivity contribution >= 4 is 11.6 Å². The first-order valence-electron chi connectivity index (χ1n) is 4.33. The molecule has 0 saturated carbocycles. The summed E-state index contributed by atoms with van der Waals surface area (Å²) in [4.78, 5) is 11.3. The molecule has 0 aliphatic heterocycles. The largest absolute Gasteiger partial charge is 0.323 e. The second kappa shape index (κ2) is 4.42. The molecule has 0 bridgehead atoms. The van der Waals surface area contributed by atoms with Crippen molar-refractivity contribution < 1.29 is 4.79 Å². The van der Waals surface area contributed by atoms with Crippen molar-refractivity contribution in [3.63, 3.8) is 0 Å². The number of nitriles is 1. The predicted octanol–water partition coefficient (Wildman–Crippen LogP) is 1.00. The summed E-state index contributed by atoms with van der Waals surface area (Å²) < 4.78 is 1.47. The summed E-state index contributed by atoms with van der Waals surface area (Å²) in [6.45, 7) is 3.82. The monoisotopic (exact) mass is 192 g/mol. The Bertz CT molecular complexity index is 361. The molecule has 0 unspecified atom stereocenters. The molecule has 74 valence electrons. The molecule has 0 fully saturated rings. The minimum atomic E-state index is -0.0608. The molecule has 5 nitrogen and oxygen atoms in total. The van der Waals surface area contributed by atoms with E-state index in [4.69, 9.17) is 5.26 Å². The van der Waals surface area contributed by atoms with E-state index in [1.54, 1.807) is 6.20 Å². The van der Waals surface area contributed by atoms with Gasteiger partial charge < -0.3 is 5.32 Å². The SMILES string of the molecule is CC(C)C(=O)Nc1cnn(CC#N)c1. The first kappa shape index (κ1) is 10.3. The molecular formula is C9H12N4O. The van der Waals surface area contributed by atoms with Gasteiger partial charge in [0.1, 0.15) is 6.54 Å². The van der Waals surface area contributed by atoms with Crippen LogP contribution < -0.4 is 5.32 Å². The maximum atomic E-state index is 11.3. The van der Waals surface area contributed by atoms with Crippen molar-refractivity contribution in [2.24, 2.45) is 5.92 Å². The Balaban J connectivity index is 2.60. The lowest BCUT2D eigenvalue weighted by Gasteiger charge is -2.03. The van der Waals surface area contributed by atoms with Crippen molar-refractivity contribution in [1.29, 1.82) is 5.26 Å². The van der Waals surface area contributed by atoms with E-state index >= 15 is 0 Å². The van der Waals surface area contributed by atoms with E-state index in [-0.39, 0.29) is 18.4 Å². The van der Waals surface area contributed by atoms with E-state index in [9.17, 15) is 4.79 Å². The van der Waals surface area contributed by atoms with Crippen LogP contribution in [0.1, 0.15) is 13.8 Å². The molecule has 0 aliphatic carbocycles. The van der Waals surface area contributed by atoms with Crippen molar-refractivity contribution in [3.8, 4) is 6.07 Å². The first-order valence-corrected chi connectivity index (χ1v) is 4.33. The molecule has 14 heavy (non-hydrogen) atoms. The highest BCUT2D eigenvalue weighted by molar-refractivity contribution is 5.91. The Morgan fingerprint density at radius 3 is 3.07 bits per heavy atom. The van der Waals surface area contributed by atoms with E-state index in [1.807, 2.05) is 19.9 Å². The van der Waals surface area contributed by atoms with Gasteiger partial charge in [0.25, 0.3) is 0 Å². The van der Waals surface area contributed by atoms with Crippen molar-refractivity contribution in [2.45, 2.75) is 20.4 Å². The lowest BCUT2D eigenvalue weighted by atomic mass is 10.2. The summed E-state index contributed by atoms with van der Waals surface area (Å²) >= 11 is 0. The lowest BCUT2D eigenvalue weighted by Crippen LogP contribution is -2.17. The number of rotatable bonds is 3. The zero-order valence-electron chi connectivity index (χ0n) is 8.19. The smallest absolute Gasteiger partial charge is 0.227 e. The molecule has 1 heterocycles. The average molecular weight is 192 g/mol. The molecular weight excluding hydrogens is 180 g/mol. The second-order valence-corrected chi connectivity index (χ2v) is 3.23. The third-order valence-corrected chi connectivity index (χ3v) is 1.66. The van der Waals surface area contributed by atoms with Gasteiger partial charge in [-0.1, -0.05) is 13.8 Å². The Kier molecular flexibility index (Phi) is 3.24. The van der Waals surface area contributed by atoms with E-state index in [1.165, 1.54) is 10.9 Å². The highest BCUT2D eigenvalue weighted by Crippen LogP contribution is 2.06. The van der Waals surface area contributed by atoms with E-state index < -0.39 is 0 Å². The Morgan fingerprint density at radius 2 is 2.50 bits per heavy atom. The fourth-order valence-electron chi connectivity index (χ4n) is 0.874. The summed E-state index contributed by atoms with van der Waals surface area (Å²) in [5, 5.41) is 15.0. The Morgan fingerprint density at radius 1 is 1.79 bits per heavy atom. The lowest BCUT2D eigenvalue weighted by molar-refractivity contribution is -0.118. The quantitative estimate of drug-likeness (QED) is 0.776. The Labute approximate surface area is 82.3 Å². The molecule has 1 amide bonds. The molecule has 1 N–H and O–H groups in total. The summed E-state index contributed by atoms with van der Waals surface area (Å²) in [6.07, 6.45) is 3.15. The van der Waals surface area contributed by atoms with Gasteiger partial charge in [-0.15, -0.1) is 0 Å². The number of aromatic nitrogens is 2. The molecule has 1 aromatic rings. The van der Waals surface area contributed by atoms with Gasteiger partial charge in [0.15, 0.2) is 0 Å². The number of nitrogens with zero attached hydrogens (tertiary/aromatic N) is 3. The molecule has 0 atom stereocenters. The number of carbonyl (C=O) groups is 1. The molecule has 0 aromatic carbocycles. The van der Waals surface area contributed by atoms with Crippen LogP contribution in [0.5, 0.6) is 0 Å². The standard InChI is InChI=1S/C9H12N4O/c1-7(2)9(14)12-8-5-11-13(6-8)4-3-10/h5-7H,4H2,1-2H3,(H,12,14). The van der Waals surface area contributed by atoms with E-state index in [2.05, 4.69) is 10.4 Å². The minimum absolute atomic E-state index is 0.0542. The van der Waals surface area contributed by atoms with Crippen molar-refractivity contribution in [3.05, 3.63) is 12.4 Å². The van der Waals surface area contributed by atoms with Crippen LogP contribution in [0.25, 0.3) is 0 Å². The summed E-state index contributed by atoms with van der Waals surface area (Å²) in [5.41, 5.74) is 0.624. The van der Waals surface area contributed by atoms with Gasteiger partial charge in [-0.2, -0.15) is 10.4 Å². The number of nitrogens with one attached hydrogen (secondary N) is 1. The minimum Gasteiger partial charge on any atom is -0.323 e. The maximum Gasteiger partial charge on any atom is 0.227 e. The third kappa shape index (κ3) is 2.59. The van der Waals surface area contributed by atoms with Gasteiger partial charge in [0.2, 0.25) is 5.91 Å². The van der Waals surface area contributed by atoms with Crippen LogP contribution in [-0.4, -0.2) is 15.7 Å². The molecule has 0 spiro atoms. The maximum absolute atomic E-state index is 11.3. The van der Waals surface area contributed by atoms with Crippen LogP contribution in [0, 0.1) is 17.2 Å². The molecule has 0 aliphatic rings. The van der Waals surface area contributed by atoms with Crippen LogP contribution in [0.4, 0.5) is 5.69 Å². The number of carbonyl (C=O) groups excluding carboxylic acids is 1. The molecule has 0 radical (unpaired) electrons. The van der Waals surface area contributed by atoms with Crippen LogP contribution >= 0.6 is 0 Å². The zero-order chi connectivity index (χ0) is 10.6. The molecule has 5 heteroatoms. The topological polar surface area (TPSA) is 70.7 Å². The van der Waals surface area contributed by atoms with Gasteiger partial charge >= 0.3 is 0 Å². The van der Waals surface area contributed by atoms with Gasteiger partial charge in [0, 0.05) is 12.1 Å². The highest BCUT2D eigenvalue weighted by Gasteiger charge is 2.07. The van der Waals surface area contributed by atoms with Crippen LogP contribution in [0.15, 0.2) is 12.4 Å². The third-order valence-electron chi connectivity index (χ3n) is 1.66. The van der Waals surface area contributed by atoms with Gasteiger partial charge in [-0.3, -0.25) is 9.48 Å². The van der Waals surface area contributed by atoms with Crippen LogP contribution in [0.3, 0.4) is 0 Å². The number of hydrogen-bond donors (Lipinski definition) is 1. The van der Waals surface area contributed by atoms with Gasteiger partial charge in [0.05, 0.1) is 18.0 Å². The summed E-state index contributed by atoms with van der Waals surface area (Å²) in [7, 11) is 0. The highest BCUT2D eigenvalue weighted by atomic mass is 16.1. The summed E-state index contributed by atoms with van der Waals surface area (Å²) in [5.74, 6) is -0.115. The van der Waals surface area contributed by atoms with Crippen molar-refractivity contribution in [2.75, 3.05) is 5.32 Å². The fraction of sp³-hybridized carbons (Fsp3) is 0.444. The summed E-state index contributed by atoms with van der Waals surface area (Å²) in [6, 6.07) is 1.96. The normalized spacial score (nSPS) is 9.86.